The summed E-state index contributed by atoms with van der Waals surface area (Å²) in [6, 6.07) is 4.44. The minimum Gasteiger partial charge on any atom is -0.492 e. The average molecular weight is 488 g/mol. The first-order valence-electron chi connectivity index (χ1n) is 10.0. The van der Waals surface area contributed by atoms with Crippen molar-refractivity contribution in [3.8, 4) is 5.75 Å². The lowest BCUT2D eigenvalue weighted by molar-refractivity contribution is -0.125. The van der Waals surface area contributed by atoms with E-state index < -0.39 is 15.9 Å². The Bertz CT molecular complexity index is 1010. The number of aromatic amines is 1. The molecule has 2 heterocycles. The quantitative estimate of drug-likeness (QED) is 0.412. The van der Waals surface area contributed by atoms with Gasteiger partial charge < -0.3 is 10.1 Å². The number of amides is 1. The van der Waals surface area contributed by atoms with Crippen LogP contribution in [0.5, 0.6) is 5.75 Å². The van der Waals surface area contributed by atoms with Gasteiger partial charge >= 0.3 is 0 Å². The number of halogens is 1. The van der Waals surface area contributed by atoms with Crippen molar-refractivity contribution in [3.63, 3.8) is 0 Å². The van der Waals surface area contributed by atoms with Crippen LogP contribution in [0.2, 0.25) is 5.02 Å². The molecule has 0 aliphatic carbocycles. The molecule has 12 heteroatoms. The monoisotopic (exact) mass is 487 g/mol. The topological polar surface area (TPSA) is 117 Å². The SMILES string of the molecule is CCOc1ccc(S(=O)(=O)N2CCC[C@H](C(=O)NCCSc3n[nH]c(C)n3)C2)cc1Cl. The second-order valence-electron chi connectivity index (χ2n) is 7.07. The first kappa shape index (κ1) is 23.8. The maximum atomic E-state index is 13.1. The number of carbonyl (C=O) groups excluding carboxylic acids is 1. The summed E-state index contributed by atoms with van der Waals surface area (Å²) in [7, 11) is -3.75. The highest BCUT2D eigenvalue weighted by atomic mass is 35.5. The van der Waals surface area contributed by atoms with Gasteiger partial charge in [-0.05, 0) is 44.9 Å². The second kappa shape index (κ2) is 10.7. The maximum Gasteiger partial charge on any atom is 0.243 e. The molecule has 1 aliphatic heterocycles. The predicted molar refractivity (Wildman–Crippen MR) is 119 cm³/mol. The van der Waals surface area contributed by atoms with Gasteiger partial charge in [0.15, 0.2) is 0 Å². The molecule has 31 heavy (non-hydrogen) atoms. The minimum absolute atomic E-state index is 0.0974. The highest BCUT2D eigenvalue weighted by Gasteiger charge is 2.33. The molecular formula is C19H26ClN5O4S2. The Balaban J connectivity index is 1.56. The number of ether oxygens (including phenoxy) is 1. The van der Waals surface area contributed by atoms with Crippen molar-refractivity contribution in [1.29, 1.82) is 0 Å². The third kappa shape index (κ3) is 6.12. The Hall–Kier alpha value is -1.82. The number of rotatable bonds is 9. The third-order valence-corrected chi connectivity index (χ3v) is 7.81. The van der Waals surface area contributed by atoms with Gasteiger partial charge in [0.2, 0.25) is 21.1 Å². The second-order valence-corrected chi connectivity index (χ2v) is 10.5. The zero-order valence-corrected chi connectivity index (χ0v) is 19.8. The number of aromatic nitrogens is 3. The first-order chi connectivity index (χ1) is 14.8. The van der Waals surface area contributed by atoms with E-state index in [0.717, 1.165) is 5.82 Å². The summed E-state index contributed by atoms with van der Waals surface area (Å²) in [5, 5.41) is 10.6. The molecule has 0 spiro atoms. The molecule has 1 fully saturated rings. The van der Waals surface area contributed by atoms with E-state index in [9.17, 15) is 13.2 Å². The fourth-order valence-electron chi connectivity index (χ4n) is 3.29. The minimum atomic E-state index is -3.75. The summed E-state index contributed by atoms with van der Waals surface area (Å²) < 4.78 is 32.9. The Labute approximate surface area is 191 Å². The largest absolute Gasteiger partial charge is 0.492 e. The van der Waals surface area contributed by atoms with Gasteiger partial charge in [-0.2, -0.15) is 4.31 Å². The maximum absolute atomic E-state index is 13.1. The number of hydrogen-bond donors (Lipinski definition) is 2. The number of carbonyl (C=O) groups is 1. The molecule has 1 aromatic heterocycles. The van der Waals surface area contributed by atoms with E-state index in [1.807, 2.05) is 13.8 Å². The number of aryl methyl sites for hydroxylation is 1. The Morgan fingerprint density at radius 3 is 2.94 bits per heavy atom. The van der Waals surface area contributed by atoms with E-state index in [1.54, 1.807) is 6.07 Å². The summed E-state index contributed by atoms with van der Waals surface area (Å²) in [4.78, 5) is 16.9. The molecule has 0 unspecified atom stereocenters. The van der Waals surface area contributed by atoms with Gasteiger partial charge in [-0.3, -0.25) is 9.89 Å². The Kier molecular flexibility index (Phi) is 8.20. The summed E-state index contributed by atoms with van der Waals surface area (Å²) in [6.45, 7) is 5.06. The van der Waals surface area contributed by atoms with Crippen molar-refractivity contribution in [2.24, 2.45) is 5.92 Å². The van der Waals surface area contributed by atoms with E-state index in [4.69, 9.17) is 16.3 Å². The number of H-pyrrole nitrogens is 1. The Morgan fingerprint density at radius 2 is 2.26 bits per heavy atom. The van der Waals surface area contributed by atoms with Crippen LogP contribution >= 0.6 is 23.4 Å². The van der Waals surface area contributed by atoms with Crippen LogP contribution in [0.1, 0.15) is 25.6 Å². The van der Waals surface area contributed by atoms with Crippen LogP contribution in [0, 0.1) is 12.8 Å². The number of hydrogen-bond acceptors (Lipinski definition) is 7. The number of benzene rings is 1. The number of sulfonamides is 1. The first-order valence-corrected chi connectivity index (χ1v) is 12.8. The summed E-state index contributed by atoms with van der Waals surface area (Å²) in [6.07, 6.45) is 1.27. The smallest absolute Gasteiger partial charge is 0.243 e. The molecule has 1 aromatic carbocycles. The summed E-state index contributed by atoms with van der Waals surface area (Å²) >= 11 is 7.60. The van der Waals surface area contributed by atoms with Crippen LogP contribution in [-0.4, -0.2) is 65.8 Å². The van der Waals surface area contributed by atoms with Crippen molar-refractivity contribution in [2.75, 3.05) is 32.0 Å². The highest BCUT2D eigenvalue weighted by Crippen LogP contribution is 2.30. The van der Waals surface area contributed by atoms with Crippen molar-refractivity contribution in [3.05, 3.63) is 29.0 Å². The summed E-state index contributed by atoms with van der Waals surface area (Å²) in [5.74, 6) is 1.28. The molecule has 1 amide bonds. The lowest BCUT2D eigenvalue weighted by atomic mass is 9.99. The van der Waals surface area contributed by atoms with Crippen molar-refractivity contribution < 1.29 is 17.9 Å². The van der Waals surface area contributed by atoms with E-state index >= 15 is 0 Å². The van der Waals surface area contributed by atoms with Crippen molar-refractivity contribution in [2.45, 2.75) is 36.7 Å². The molecular weight excluding hydrogens is 462 g/mol. The Morgan fingerprint density at radius 1 is 1.45 bits per heavy atom. The van der Waals surface area contributed by atoms with Crippen LogP contribution in [0.4, 0.5) is 0 Å². The number of nitrogens with one attached hydrogen (secondary N) is 2. The van der Waals surface area contributed by atoms with E-state index in [2.05, 4.69) is 20.5 Å². The van der Waals surface area contributed by atoms with Gasteiger partial charge in [-0.25, -0.2) is 13.4 Å². The summed E-state index contributed by atoms with van der Waals surface area (Å²) in [5.41, 5.74) is 0. The van der Waals surface area contributed by atoms with Gasteiger partial charge in [0, 0.05) is 25.4 Å². The van der Waals surface area contributed by atoms with E-state index in [1.165, 1.54) is 28.2 Å². The predicted octanol–water partition coefficient (Wildman–Crippen LogP) is 2.47. The molecule has 9 nitrogen and oxygen atoms in total. The van der Waals surface area contributed by atoms with E-state index in [-0.39, 0.29) is 22.4 Å². The molecule has 0 radical (unpaired) electrons. The molecule has 1 atom stereocenters. The molecule has 1 aliphatic rings. The van der Waals surface area contributed by atoms with Crippen LogP contribution in [0.15, 0.2) is 28.3 Å². The fourth-order valence-corrected chi connectivity index (χ4v) is 5.83. The van der Waals surface area contributed by atoms with Gasteiger partial charge in [-0.1, -0.05) is 23.4 Å². The van der Waals surface area contributed by atoms with Crippen LogP contribution in [0.25, 0.3) is 0 Å². The van der Waals surface area contributed by atoms with Gasteiger partial charge in [-0.15, -0.1) is 5.10 Å². The molecule has 0 bridgehead atoms. The number of thioether (sulfide) groups is 1. The molecule has 0 saturated carbocycles. The average Bonchev–Trinajstić information content (AvgIpc) is 3.17. The fraction of sp³-hybridized carbons (Fsp3) is 0.526. The molecule has 2 N–H and O–H groups in total. The molecule has 1 saturated heterocycles. The zero-order valence-electron chi connectivity index (χ0n) is 17.4. The van der Waals surface area contributed by atoms with Gasteiger partial charge in [0.05, 0.1) is 22.4 Å². The van der Waals surface area contributed by atoms with Crippen molar-refractivity contribution >= 4 is 39.3 Å². The van der Waals surface area contributed by atoms with Crippen LogP contribution in [-0.2, 0) is 14.8 Å². The molecule has 3 rings (SSSR count). The molecule has 2 aromatic rings. The standard InChI is InChI=1S/C19H26ClN5O4S2/c1-3-29-17-7-6-15(11-16(17)20)31(27,28)25-9-4-5-14(12-25)18(26)21-8-10-30-19-22-13(2)23-24-19/h6-7,11,14H,3-5,8-10,12H2,1-2H3,(H,21,26)(H,22,23,24)/t14-/m0/s1. The van der Waals surface area contributed by atoms with Crippen LogP contribution < -0.4 is 10.1 Å². The van der Waals surface area contributed by atoms with Crippen molar-refractivity contribution in [1.82, 2.24) is 24.8 Å². The zero-order chi connectivity index (χ0) is 22.4. The number of piperidine rings is 1. The lowest BCUT2D eigenvalue weighted by Gasteiger charge is -2.31. The number of nitrogens with zero attached hydrogens (tertiary/aromatic N) is 3. The van der Waals surface area contributed by atoms with Crippen LogP contribution in [0.3, 0.4) is 0 Å². The highest BCUT2D eigenvalue weighted by molar-refractivity contribution is 7.99. The van der Waals surface area contributed by atoms with Gasteiger partial charge in [0.25, 0.3) is 0 Å². The third-order valence-electron chi connectivity index (χ3n) is 4.81. The lowest BCUT2D eigenvalue weighted by Crippen LogP contribution is -2.45. The van der Waals surface area contributed by atoms with Gasteiger partial charge in [0.1, 0.15) is 11.6 Å². The molecule has 170 valence electrons. The normalized spacial score (nSPS) is 17.5. The van der Waals surface area contributed by atoms with E-state index in [0.29, 0.717) is 49.2 Å².